The van der Waals surface area contributed by atoms with Crippen LogP contribution in [-0.4, -0.2) is 32.0 Å². The second-order valence-corrected chi connectivity index (χ2v) is 4.55. The van der Waals surface area contributed by atoms with Crippen LogP contribution < -0.4 is 5.32 Å². The largest absolute Gasteiger partial charge is 0.383 e. The van der Waals surface area contributed by atoms with Gasteiger partial charge in [0.05, 0.1) is 6.61 Å². The highest BCUT2D eigenvalue weighted by Gasteiger charge is 2.11. The van der Waals surface area contributed by atoms with Crippen LogP contribution in [0.5, 0.6) is 0 Å². The van der Waals surface area contributed by atoms with Crippen molar-refractivity contribution in [3.8, 4) is 0 Å². The van der Waals surface area contributed by atoms with Gasteiger partial charge in [-0.1, -0.05) is 23.3 Å². The van der Waals surface area contributed by atoms with Crippen molar-refractivity contribution in [1.82, 2.24) is 5.32 Å². The molecular formula is C14H21NO3. The summed E-state index contributed by atoms with van der Waals surface area (Å²) in [4.78, 5) is 22.5. The Bertz CT molecular complexity index is 369. The Morgan fingerprint density at radius 1 is 1.22 bits per heavy atom. The molecule has 0 spiro atoms. The Balaban J connectivity index is 2.36. The summed E-state index contributed by atoms with van der Waals surface area (Å²) in [5.74, 6) is 0.220. The van der Waals surface area contributed by atoms with Crippen molar-refractivity contribution in [2.24, 2.45) is 0 Å². The number of ether oxygens (including phenoxy) is 1. The Labute approximate surface area is 108 Å². The number of allylic oxidation sites excluding steroid dienone is 3. The van der Waals surface area contributed by atoms with E-state index >= 15 is 0 Å². The first-order valence-electron chi connectivity index (χ1n) is 6.24. The molecule has 1 N–H and O–H groups in total. The quantitative estimate of drug-likeness (QED) is 0.701. The van der Waals surface area contributed by atoms with Crippen molar-refractivity contribution in [1.29, 1.82) is 0 Å². The van der Waals surface area contributed by atoms with Gasteiger partial charge in [-0.3, -0.25) is 9.59 Å². The lowest BCUT2D eigenvalue weighted by molar-refractivity contribution is -0.120. The highest BCUT2D eigenvalue weighted by Crippen LogP contribution is 2.22. The second-order valence-electron chi connectivity index (χ2n) is 4.55. The minimum atomic E-state index is 0.0294. The van der Waals surface area contributed by atoms with Crippen LogP contribution in [0, 0.1) is 0 Å². The molecule has 0 fully saturated rings. The molecule has 1 rings (SSSR count). The Kier molecular flexibility index (Phi) is 6.36. The van der Waals surface area contributed by atoms with Gasteiger partial charge in [0.25, 0.3) is 0 Å². The number of methoxy groups -OCH3 is 1. The molecule has 18 heavy (non-hydrogen) atoms. The normalized spacial score (nSPS) is 14.8. The van der Waals surface area contributed by atoms with Crippen LogP contribution in [0.2, 0.25) is 0 Å². The fourth-order valence-corrected chi connectivity index (χ4v) is 1.90. The molecule has 0 bridgehead atoms. The van der Waals surface area contributed by atoms with E-state index in [1.54, 1.807) is 14.0 Å². The van der Waals surface area contributed by atoms with Crippen LogP contribution in [0.3, 0.4) is 0 Å². The number of ketones is 1. The summed E-state index contributed by atoms with van der Waals surface area (Å²) in [5, 5.41) is 2.79. The lowest BCUT2D eigenvalue weighted by atomic mass is 9.93. The molecular weight excluding hydrogens is 230 g/mol. The first-order valence-corrected chi connectivity index (χ1v) is 6.24. The van der Waals surface area contributed by atoms with Crippen LogP contribution in [0.4, 0.5) is 0 Å². The number of nitrogens with one attached hydrogen (secondary N) is 1. The zero-order chi connectivity index (χ0) is 13.4. The Morgan fingerprint density at radius 2 is 1.83 bits per heavy atom. The number of carbonyl (C=O) groups is 2. The first-order chi connectivity index (χ1) is 8.61. The van der Waals surface area contributed by atoms with Gasteiger partial charge in [-0.25, -0.2) is 0 Å². The second kappa shape index (κ2) is 7.82. The third-order valence-electron chi connectivity index (χ3n) is 2.81. The summed E-state index contributed by atoms with van der Waals surface area (Å²) < 4.78 is 4.86. The van der Waals surface area contributed by atoms with Crippen LogP contribution in [0.15, 0.2) is 23.3 Å². The third kappa shape index (κ3) is 5.77. The monoisotopic (exact) mass is 251 g/mol. The fraction of sp³-hybridized carbons (Fsp3) is 0.571. The van der Waals surface area contributed by atoms with Gasteiger partial charge in [0, 0.05) is 26.5 Å². The fourth-order valence-electron chi connectivity index (χ4n) is 1.90. The van der Waals surface area contributed by atoms with Crippen LogP contribution in [0.1, 0.15) is 32.6 Å². The van der Waals surface area contributed by atoms with E-state index in [4.69, 9.17) is 4.74 Å². The van der Waals surface area contributed by atoms with Gasteiger partial charge in [-0.05, 0) is 19.8 Å². The minimum Gasteiger partial charge on any atom is -0.383 e. The number of amides is 1. The van der Waals surface area contributed by atoms with E-state index in [1.807, 2.05) is 12.2 Å². The van der Waals surface area contributed by atoms with Gasteiger partial charge in [0.1, 0.15) is 5.78 Å². The average molecular weight is 251 g/mol. The maximum absolute atomic E-state index is 11.6. The predicted octanol–water partition coefficient (Wildman–Crippen LogP) is 1.76. The zero-order valence-corrected chi connectivity index (χ0v) is 11.1. The van der Waals surface area contributed by atoms with Gasteiger partial charge in [-0.2, -0.15) is 0 Å². The van der Waals surface area contributed by atoms with Crippen molar-refractivity contribution in [2.75, 3.05) is 20.3 Å². The molecule has 1 amide bonds. The number of rotatable bonds is 7. The number of hydrogen-bond acceptors (Lipinski definition) is 3. The van der Waals surface area contributed by atoms with Crippen molar-refractivity contribution in [2.45, 2.75) is 32.6 Å². The SMILES string of the molecule is COCCNC(=O)CC1=CC=C(CC(C)=O)CC1. The van der Waals surface area contributed by atoms with Crippen LogP contribution >= 0.6 is 0 Å². The van der Waals surface area contributed by atoms with Crippen molar-refractivity contribution < 1.29 is 14.3 Å². The van der Waals surface area contributed by atoms with E-state index < -0.39 is 0 Å². The molecule has 0 heterocycles. The molecule has 0 unspecified atom stereocenters. The molecule has 0 saturated carbocycles. The molecule has 0 aromatic heterocycles. The maximum Gasteiger partial charge on any atom is 0.224 e. The molecule has 0 radical (unpaired) electrons. The van der Waals surface area contributed by atoms with Crippen molar-refractivity contribution >= 4 is 11.7 Å². The molecule has 4 nitrogen and oxygen atoms in total. The minimum absolute atomic E-state index is 0.0294. The first kappa shape index (κ1) is 14.6. The zero-order valence-electron chi connectivity index (χ0n) is 11.1. The highest BCUT2D eigenvalue weighted by molar-refractivity contribution is 5.79. The Morgan fingerprint density at radius 3 is 2.33 bits per heavy atom. The van der Waals surface area contributed by atoms with Gasteiger partial charge in [-0.15, -0.1) is 0 Å². The van der Waals surface area contributed by atoms with Gasteiger partial charge in [0.15, 0.2) is 0 Å². The van der Waals surface area contributed by atoms with E-state index in [0.717, 1.165) is 24.0 Å². The summed E-state index contributed by atoms with van der Waals surface area (Å²) in [6, 6.07) is 0. The van der Waals surface area contributed by atoms with E-state index in [0.29, 0.717) is 26.0 Å². The van der Waals surface area contributed by atoms with Gasteiger partial charge >= 0.3 is 0 Å². The van der Waals surface area contributed by atoms with Crippen LogP contribution in [-0.2, 0) is 14.3 Å². The smallest absolute Gasteiger partial charge is 0.224 e. The van der Waals surface area contributed by atoms with E-state index in [1.165, 1.54) is 0 Å². The maximum atomic E-state index is 11.6. The number of Topliss-reactive ketones (excluding diaryl/α,β-unsaturated/α-hetero) is 1. The van der Waals surface area contributed by atoms with Gasteiger partial charge < -0.3 is 10.1 Å². The topological polar surface area (TPSA) is 55.4 Å². The molecule has 0 aromatic rings. The van der Waals surface area contributed by atoms with Crippen LogP contribution in [0.25, 0.3) is 0 Å². The number of hydrogen-bond donors (Lipinski definition) is 1. The molecule has 0 saturated heterocycles. The van der Waals surface area contributed by atoms with Gasteiger partial charge in [0.2, 0.25) is 5.91 Å². The molecule has 0 aromatic carbocycles. The predicted molar refractivity (Wildman–Crippen MR) is 70.2 cm³/mol. The molecule has 0 aliphatic heterocycles. The molecule has 4 heteroatoms. The lowest BCUT2D eigenvalue weighted by Gasteiger charge is -2.13. The van der Waals surface area contributed by atoms with Crippen molar-refractivity contribution in [3.63, 3.8) is 0 Å². The van der Waals surface area contributed by atoms with E-state index in [9.17, 15) is 9.59 Å². The summed E-state index contributed by atoms with van der Waals surface area (Å²) >= 11 is 0. The third-order valence-corrected chi connectivity index (χ3v) is 2.81. The lowest BCUT2D eigenvalue weighted by Crippen LogP contribution is -2.27. The van der Waals surface area contributed by atoms with E-state index in [-0.39, 0.29) is 11.7 Å². The molecule has 1 aliphatic rings. The standard InChI is InChI=1S/C14H21NO3/c1-11(16)9-12-3-5-13(6-4-12)10-14(17)15-7-8-18-2/h3,5H,4,6-10H2,1-2H3,(H,15,17). The molecule has 100 valence electrons. The summed E-state index contributed by atoms with van der Waals surface area (Å²) in [6.07, 6.45) is 6.67. The highest BCUT2D eigenvalue weighted by atomic mass is 16.5. The molecule has 0 atom stereocenters. The van der Waals surface area contributed by atoms with E-state index in [2.05, 4.69) is 5.32 Å². The average Bonchev–Trinajstić information content (AvgIpc) is 2.31. The van der Waals surface area contributed by atoms with Crippen molar-refractivity contribution in [3.05, 3.63) is 23.3 Å². The number of carbonyl (C=O) groups excluding carboxylic acids is 2. The molecule has 1 aliphatic carbocycles. The Hall–Kier alpha value is -1.42. The summed E-state index contributed by atoms with van der Waals surface area (Å²) in [5.41, 5.74) is 2.28. The summed E-state index contributed by atoms with van der Waals surface area (Å²) in [7, 11) is 1.61. The summed E-state index contributed by atoms with van der Waals surface area (Å²) in [6.45, 7) is 2.69.